The van der Waals surface area contributed by atoms with Gasteiger partial charge in [-0.1, -0.05) is 32.0 Å². The molecule has 1 N–H and O–H groups in total. The number of rotatable bonds is 4. The molecule has 1 aromatic rings. The van der Waals surface area contributed by atoms with E-state index in [1.807, 2.05) is 12.1 Å². The molecule has 0 saturated heterocycles. The molecule has 23 heavy (non-hydrogen) atoms. The Balaban J connectivity index is 1.47. The summed E-state index contributed by atoms with van der Waals surface area (Å²) in [6.45, 7) is 4.37. The largest absolute Gasteiger partial charge is 0.326 e. The molecular weight excluding hydrogens is 282 g/mol. The number of benzene rings is 1. The van der Waals surface area contributed by atoms with Gasteiger partial charge in [-0.05, 0) is 79.2 Å². The van der Waals surface area contributed by atoms with Gasteiger partial charge in [0, 0.05) is 12.1 Å². The number of carbonyl (C=O) groups excluding carboxylic acids is 1. The lowest BCUT2D eigenvalue weighted by Gasteiger charge is -2.56. The topological polar surface area (TPSA) is 29.1 Å². The number of hydrogen-bond acceptors (Lipinski definition) is 1. The van der Waals surface area contributed by atoms with E-state index in [1.54, 1.807) is 0 Å². The van der Waals surface area contributed by atoms with Gasteiger partial charge in [0.15, 0.2) is 0 Å². The molecule has 4 bridgehead atoms. The summed E-state index contributed by atoms with van der Waals surface area (Å²) in [5.74, 6) is 3.41. The van der Waals surface area contributed by atoms with E-state index in [-0.39, 0.29) is 5.91 Å². The maximum atomic E-state index is 12.8. The predicted molar refractivity (Wildman–Crippen MR) is 94.4 cm³/mol. The molecule has 4 aliphatic carbocycles. The summed E-state index contributed by atoms with van der Waals surface area (Å²) in [4.78, 5) is 12.8. The van der Waals surface area contributed by atoms with Crippen LogP contribution in [0.3, 0.4) is 0 Å². The molecule has 0 radical (unpaired) electrons. The monoisotopic (exact) mass is 311 g/mol. The van der Waals surface area contributed by atoms with E-state index in [1.165, 1.54) is 44.1 Å². The molecule has 0 unspecified atom stereocenters. The first-order chi connectivity index (χ1) is 11.0. The minimum absolute atomic E-state index is 0.236. The Hall–Kier alpha value is -1.31. The van der Waals surface area contributed by atoms with Crippen LogP contribution in [-0.2, 0) is 4.79 Å². The molecule has 2 nitrogen and oxygen atoms in total. The quantitative estimate of drug-likeness (QED) is 0.797. The second-order valence-electron chi connectivity index (χ2n) is 8.88. The van der Waals surface area contributed by atoms with Crippen LogP contribution in [0.4, 0.5) is 5.69 Å². The normalized spacial score (nSPS) is 34.8. The molecule has 1 aromatic carbocycles. The lowest BCUT2D eigenvalue weighted by atomic mass is 9.49. The zero-order chi connectivity index (χ0) is 16.0. The third kappa shape index (κ3) is 2.93. The minimum atomic E-state index is 0.236. The average Bonchev–Trinajstić information content (AvgIpc) is 2.45. The van der Waals surface area contributed by atoms with Gasteiger partial charge in [-0.25, -0.2) is 0 Å². The molecule has 5 rings (SSSR count). The molecule has 0 aromatic heterocycles. The van der Waals surface area contributed by atoms with Crippen LogP contribution in [0.25, 0.3) is 0 Å². The van der Waals surface area contributed by atoms with Crippen molar-refractivity contribution in [1.82, 2.24) is 0 Å². The summed E-state index contributed by atoms with van der Waals surface area (Å²) in [7, 11) is 0. The molecule has 2 heteroatoms. The first-order valence-corrected chi connectivity index (χ1v) is 9.42. The van der Waals surface area contributed by atoms with Crippen LogP contribution in [0.5, 0.6) is 0 Å². The predicted octanol–water partition coefficient (Wildman–Crippen LogP) is 5.36. The second-order valence-corrected chi connectivity index (χ2v) is 8.88. The van der Waals surface area contributed by atoms with E-state index in [4.69, 9.17) is 0 Å². The molecule has 4 saturated carbocycles. The fraction of sp³-hybridized carbons (Fsp3) is 0.667. The highest BCUT2D eigenvalue weighted by Crippen LogP contribution is 2.61. The maximum Gasteiger partial charge on any atom is 0.224 e. The van der Waals surface area contributed by atoms with Gasteiger partial charge in [-0.15, -0.1) is 0 Å². The fourth-order valence-corrected chi connectivity index (χ4v) is 6.16. The van der Waals surface area contributed by atoms with Crippen molar-refractivity contribution >= 4 is 11.6 Å². The lowest BCUT2D eigenvalue weighted by molar-refractivity contribution is -0.124. The van der Waals surface area contributed by atoms with Crippen molar-refractivity contribution in [2.75, 3.05) is 5.32 Å². The Morgan fingerprint density at radius 1 is 1.09 bits per heavy atom. The Morgan fingerprint density at radius 2 is 1.65 bits per heavy atom. The molecule has 0 aliphatic heterocycles. The van der Waals surface area contributed by atoms with Crippen LogP contribution in [0, 0.1) is 23.2 Å². The molecule has 0 atom stereocenters. The van der Waals surface area contributed by atoms with Gasteiger partial charge in [-0.2, -0.15) is 0 Å². The first kappa shape index (κ1) is 15.2. The van der Waals surface area contributed by atoms with Crippen molar-refractivity contribution in [3.63, 3.8) is 0 Å². The Labute approximate surface area is 140 Å². The molecular formula is C21H29NO. The van der Waals surface area contributed by atoms with E-state index < -0.39 is 0 Å². The van der Waals surface area contributed by atoms with E-state index in [0.29, 0.717) is 11.3 Å². The van der Waals surface area contributed by atoms with Crippen molar-refractivity contribution in [3.05, 3.63) is 29.8 Å². The number of carbonyl (C=O) groups is 1. The molecule has 4 aliphatic rings. The standard InChI is InChI=1S/C21H29NO/c1-14(2)18-5-3-4-6-19(18)22-20(23)13-21-10-15-7-16(11-21)9-17(8-15)12-21/h3-6,14-17H,7-13H2,1-2H3,(H,22,23). The summed E-state index contributed by atoms with van der Waals surface area (Å²) < 4.78 is 0. The zero-order valence-corrected chi connectivity index (χ0v) is 14.5. The van der Waals surface area contributed by atoms with Crippen LogP contribution in [-0.4, -0.2) is 5.91 Å². The SMILES string of the molecule is CC(C)c1ccccc1NC(=O)CC12CC3CC(CC(C3)C1)C2. The van der Waals surface area contributed by atoms with Crippen LogP contribution in [0.2, 0.25) is 0 Å². The zero-order valence-electron chi connectivity index (χ0n) is 14.5. The Morgan fingerprint density at radius 3 is 2.22 bits per heavy atom. The molecule has 0 spiro atoms. The van der Waals surface area contributed by atoms with Crippen molar-refractivity contribution in [3.8, 4) is 0 Å². The second kappa shape index (κ2) is 5.65. The van der Waals surface area contributed by atoms with Crippen LogP contribution < -0.4 is 5.32 Å². The third-order valence-electron chi connectivity index (χ3n) is 6.56. The molecule has 0 heterocycles. The van der Waals surface area contributed by atoms with Gasteiger partial charge < -0.3 is 5.32 Å². The highest BCUT2D eigenvalue weighted by molar-refractivity contribution is 5.92. The number of para-hydroxylation sites is 1. The lowest BCUT2D eigenvalue weighted by Crippen LogP contribution is -2.47. The summed E-state index contributed by atoms with van der Waals surface area (Å²) in [6.07, 6.45) is 8.98. The summed E-state index contributed by atoms with van der Waals surface area (Å²) in [6, 6.07) is 8.26. The van der Waals surface area contributed by atoms with Gasteiger partial charge in [0.2, 0.25) is 5.91 Å². The maximum absolute atomic E-state index is 12.8. The van der Waals surface area contributed by atoms with Gasteiger partial charge in [-0.3, -0.25) is 4.79 Å². The third-order valence-corrected chi connectivity index (χ3v) is 6.56. The summed E-state index contributed by atoms with van der Waals surface area (Å²) >= 11 is 0. The van der Waals surface area contributed by atoms with Crippen molar-refractivity contribution < 1.29 is 4.79 Å². The van der Waals surface area contributed by atoms with Gasteiger partial charge in [0.1, 0.15) is 0 Å². The van der Waals surface area contributed by atoms with E-state index >= 15 is 0 Å². The molecule has 1 amide bonds. The minimum Gasteiger partial charge on any atom is -0.326 e. The Bertz CT molecular complexity index is 568. The van der Waals surface area contributed by atoms with Crippen LogP contribution in [0.15, 0.2) is 24.3 Å². The van der Waals surface area contributed by atoms with Crippen molar-refractivity contribution in [2.45, 2.75) is 64.7 Å². The van der Waals surface area contributed by atoms with Gasteiger partial charge in [0.25, 0.3) is 0 Å². The number of hydrogen-bond donors (Lipinski definition) is 1. The first-order valence-electron chi connectivity index (χ1n) is 9.42. The smallest absolute Gasteiger partial charge is 0.224 e. The number of amides is 1. The summed E-state index contributed by atoms with van der Waals surface area (Å²) in [5.41, 5.74) is 2.58. The van der Waals surface area contributed by atoms with E-state index in [0.717, 1.165) is 29.9 Å². The molecule has 124 valence electrons. The van der Waals surface area contributed by atoms with E-state index in [9.17, 15) is 4.79 Å². The number of anilines is 1. The van der Waals surface area contributed by atoms with Crippen molar-refractivity contribution in [2.24, 2.45) is 23.2 Å². The van der Waals surface area contributed by atoms with E-state index in [2.05, 4.69) is 31.3 Å². The Kier molecular flexibility index (Phi) is 3.74. The highest BCUT2D eigenvalue weighted by atomic mass is 16.1. The summed E-state index contributed by atoms with van der Waals surface area (Å²) in [5, 5.41) is 3.23. The number of nitrogens with one attached hydrogen (secondary N) is 1. The van der Waals surface area contributed by atoms with Gasteiger partial charge >= 0.3 is 0 Å². The van der Waals surface area contributed by atoms with Crippen molar-refractivity contribution in [1.29, 1.82) is 0 Å². The average molecular weight is 311 g/mol. The molecule has 4 fully saturated rings. The van der Waals surface area contributed by atoms with Crippen LogP contribution >= 0.6 is 0 Å². The van der Waals surface area contributed by atoms with Gasteiger partial charge in [0.05, 0.1) is 0 Å². The highest BCUT2D eigenvalue weighted by Gasteiger charge is 2.51. The fourth-order valence-electron chi connectivity index (χ4n) is 6.16. The van der Waals surface area contributed by atoms with Crippen LogP contribution in [0.1, 0.15) is 70.3 Å².